The van der Waals surface area contributed by atoms with Crippen molar-refractivity contribution in [3.63, 3.8) is 0 Å². The molecule has 0 unspecified atom stereocenters. The fraction of sp³-hybridized carbons (Fsp3) is 0. The predicted molar refractivity (Wildman–Crippen MR) is 6.86 cm³/mol. The standard InChI is InChI=1S/5Cr.2Nb.20O/q;;;;;2*+5;;;;;;;;;;;10*-1. The molecule has 160 valence electrons. The summed E-state index contributed by atoms with van der Waals surface area (Å²) in [5.74, 6) is 0. The molecule has 0 amide bonds. The van der Waals surface area contributed by atoms with Gasteiger partial charge in [0.15, 0.2) is 0 Å². The zero-order valence-electron chi connectivity index (χ0n) is 11.1. The van der Waals surface area contributed by atoms with Crippen LogP contribution in [-0.2, 0) is 151 Å². The van der Waals surface area contributed by atoms with Crippen LogP contribution < -0.4 is 41.6 Å². The van der Waals surface area contributed by atoms with Crippen LogP contribution in [0.25, 0.3) is 0 Å². The summed E-state index contributed by atoms with van der Waals surface area (Å²) in [5, 5.41) is 0. The first kappa shape index (κ1) is 46.8. The monoisotopic (exact) mass is 765 g/mol. The number of hydrogen-bond donors (Lipinski definition) is 0. The minimum atomic E-state index is -5.75. The Bertz CT molecular complexity index is 619. The summed E-state index contributed by atoms with van der Waals surface area (Å²) < 4.78 is 172. The van der Waals surface area contributed by atoms with Gasteiger partial charge in [-0.05, 0) is 0 Å². The molecule has 0 fully saturated rings. The number of rotatable bonds is 0. The first-order chi connectivity index (χ1) is 10.0. The van der Waals surface area contributed by atoms with Crippen molar-refractivity contribution >= 4 is 0 Å². The Labute approximate surface area is 190 Å². The van der Waals surface area contributed by atoms with Crippen LogP contribution in [0.1, 0.15) is 0 Å². The second-order valence-electron chi connectivity index (χ2n) is 2.04. The Morgan fingerprint density at radius 1 is 0.259 bits per heavy atom. The van der Waals surface area contributed by atoms with Crippen LogP contribution in [0.5, 0.6) is 0 Å². The molecule has 0 aromatic heterocycles. The Kier molecular flexibility index (Phi) is 34.1. The summed E-state index contributed by atoms with van der Waals surface area (Å²) in [7, 11) is 0. The van der Waals surface area contributed by atoms with E-state index in [1.807, 2.05) is 0 Å². The molecule has 0 aromatic rings. The van der Waals surface area contributed by atoms with Gasteiger partial charge >= 0.3 is 192 Å². The van der Waals surface area contributed by atoms with E-state index in [0.29, 0.717) is 0 Å². The zero-order chi connectivity index (χ0) is 22.5. The average molecular weight is 766 g/mol. The molecule has 0 N–H and O–H groups in total. The molecule has 0 bridgehead atoms. The SMILES string of the molecule is [Nb+5].[Nb+5].[O]=[Cr](=[O])([O-])[O-].[O]=[Cr](=[O])([O-])[O-].[O]=[Cr](=[O])([O-])[O-].[O]=[Cr](=[O])([O-])[O-].[O]=[Cr](=[O])([O-])[O-]. The van der Waals surface area contributed by atoms with Crippen molar-refractivity contribution < 1.29 is 192 Å². The summed E-state index contributed by atoms with van der Waals surface area (Å²) in [6.45, 7) is 0. The molecule has 0 aliphatic rings. The van der Waals surface area contributed by atoms with Gasteiger partial charge in [-0.1, -0.05) is 0 Å². The van der Waals surface area contributed by atoms with Gasteiger partial charge in [-0.15, -0.1) is 0 Å². The maximum absolute atomic E-state index is 8.59. The molecule has 0 aliphatic heterocycles. The molecule has 0 heterocycles. The van der Waals surface area contributed by atoms with Crippen LogP contribution in [0, 0.1) is 0 Å². The maximum atomic E-state index is 8.59. The normalized spacial score (nSPS) is 10.7. The Morgan fingerprint density at radius 3 is 0.259 bits per heavy atom. The molecule has 20 nitrogen and oxygen atoms in total. The third-order valence-electron chi connectivity index (χ3n) is 0. The third kappa shape index (κ3) is 6050. The Hall–Kier alpha value is 1.74. The third-order valence-corrected chi connectivity index (χ3v) is 0. The first-order valence-corrected chi connectivity index (χ1v) is 13.7. The summed E-state index contributed by atoms with van der Waals surface area (Å²) in [5.41, 5.74) is 0. The van der Waals surface area contributed by atoms with Gasteiger partial charge < -0.3 is 0 Å². The van der Waals surface area contributed by atoms with Crippen LogP contribution in [0.4, 0.5) is 0 Å². The van der Waals surface area contributed by atoms with Crippen LogP contribution >= 0.6 is 0 Å². The molecule has 0 saturated carbocycles. The zero-order valence-corrected chi connectivity index (χ0v) is 21.9. The molecule has 0 aromatic carbocycles. The fourth-order valence-corrected chi connectivity index (χ4v) is 0. The van der Waals surface area contributed by atoms with Gasteiger partial charge in [0, 0.05) is 0 Å². The van der Waals surface area contributed by atoms with E-state index >= 15 is 0 Å². The molecule has 0 rings (SSSR count). The van der Waals surface area contributed by atoms with Crippen molar-refractivity contribution in [1.29, 1.82) is 0 Å². The van der Waals surface area contributed by atoms with Gasteiger partial charge in [-0.25, -0.2) is 0 Å². The van der Waals surface area contributed by atoms with Crippen molar-refractivity contribution in [2.45, 2.75) is 0 Å². The van der Waals surface area contributed by atoms with Gasteiger partial charge in [-0.2, -0.15) is 0 Å². The molecule has 0 atom stereocenters. The van der Waals surface area contributed by atoms with Gasteiger partial charge in [0.2, 0.25) is 0 Å². The van der Waals surface area contributed by atoms with Crippen molar-refractivity contribution in [1.82, 2.24) is 0 Å². The van der Waals surface area contributed by atoms with E-state index in [4.69, 9.17) is 79.6 Å². The van der Waals surface area contributed by atoms with Crippen LogP contribution in [-0.4, -0.2) is 0 Å². The van der Waals surface area contributed by atoms with Crippen molar-refractivity contribution in [3.8, 4) is 0 Å². The average Bonchev–Trinajstić information content (AvgIpc) is 1.79. The van der Waals surface area contributed by atoms with Crippen LogP contribution in [0.15, 0.2) is 0 Å². The van der Waals surface area contributed by atoms with E-state index in [9.17, 15) is 0 Å². The second-order valence-corrected chi connectivity index (χ2v) is 8.42. The van der Waals surface area contributed by atoms with E-state index < -0.39 is 68.1 Å². The fourth-order valence-electron chi connectivity index (χ4n) is 0. The van der Waals surface area contributed by atoms with E-state index in [-0.39, 0.29) is 44.8 Å². The van der Waals surface area contributed by atoms with Gasteiger partial charge in [0.1, 0.15) is 0 Å². The molecule has 27 heavy (non-hydrogen) atoms. The topological polar surface area (TPSA) is 401 Å². The Morgan fingerprint density at radius 2 is 0.259 bits per heavy atom. The summed E-state index contributed by atoms with van der Waals surface area (Å²) in [6.07, 6.45) is 0. The van der Waals surface area contributed by atoms with E-state index in [0.717, 1.165) is 0 Å². The van der Waals surface area contributed by atoms with Crippen molar-refractivity contribution in [2.24, 2.45) is 0 Å². The van der Waals surface area contributed by atoms with E-state index in [1.165, 1.54) is 0 Å². The Balaban J connectivity index is -0.0000000364. The van der Waals surface area contributed by atoms with Crippen LogP contribution in [0.2, 0.25) is 0 Å². The molecular formula is Cr5Nb2O20. The minimum absolute atomic E-state index is 0. The van der Waals surface area contributed by atoms with Gasteiger partial charge in [-0.3, -0.25) is 0 Å². The quantitative estimate of drug-likeness (QED) is 0.207. The molecule has 0 saturated heterocycles. The van der Waals surface area contributed by atoms with Crippen molar-refractivity contribution in [2.75, 3.05) is 0 Å². The van der Waals surface area contributed by atoms with Crippen molar-refractivity contribution in [3.05, 3.63) is 0 Å². The second kappa shape index (κ2) is 19.7. The molecule has 27 heteroatoms. The molecule has 0 aliphatic carbocycles. The first-order valence-electron chi connectivity index (χ1n) is 3.33. The summed E-state index contributed by atoms with van der Waals surface area (Å²) in [6, 6.07) is 0. The van der Waals surface area contributed by atoms with Gasteiger partial charge in [0.25, 0.3) is 0 Å². The van der Waals surface area contributed by atoms with E-state index in [2.05, 4.69) is 0 Å². The molecule has 0 radical (unpaired) electrons. The molecular weight excluding hydrogens is 766 g/mol. The molecule has 0 spiro atoms. The van der Waals surface area contributed by atoms with E-state index in [1.54, 1.807) is 0 Å². The predicted octanol–water partition coefficient (Wildman–Crippen LogP) is -13.1. The summed E-state index contributed by atoms with van der Waals surface area (Å²) >= 11 is -28.8. The van der Waals surface area contributed by atoms with Crippen LogP contribution in [0.3, 0.4) is 0 Å². The number of hydrogen-bond acceptors (Lipinski definition) is 20. The summed E-state index contributed by atoms with van der Waals surface area (Å²) in [4.78, 5) is 0. The van der Waals surface area contributed by atoms with Gasteiger partial charge in [0.05, 0.1) is 0 Å².